The molecule has 1 heterocycles. The smallest absolute Gasteiger partial charge is 0.0562 e. The van der Waals surface area contributed by atoms with Crippen LogP contribution in [0, 0.1) is 5.92 Å². The maximum Gasteiger partial charge on any atom is 0.0562 e. The van der Waals surface area contributed by atoms with E-state index in [4.69, 9.17) is 0 Å². The van der Waals surface area contributed by atoms with Gasteiger partial charge in [0.25, 0.3) is 0 Å². The third-order valence-electron chi connectivity index (χ3n) is 3.44. The van der Waals surface area contributed by atoms with Gasteiger partial charge in [0, 0.05) is 31.5 Å². The van der Waals surface area contributed by atoms with Crippen molar-refractivity contribution in [2.45, 2.75) is 33.7 Å². The molecule has 120 valence electrons. The van der Waals surface area contributed by atoms with Crippen molar-refractivity contribution in [1.29, 1.82) is 0 Å². The average Bonchev–Trinajstić information content (AvgIpc) is 2.43. The van der Waals surface area contributed by atoms with Crippen molar-refractivity contribution in [3.05, 3.63) is 24.0 Å². The van der Waals surface area contributed by atoms with Gasteiger partial charge in [-0.1, -0.05) is 13.8 Å². The minimum atomic E-state index is 0.673. The Labute approximate surface area is 130 Å². The van der Waals surface area contributed by atoms with Crippen LogP contribution in [-0.4, -0.2) is 50.2 Å². The Balaban J connectivity index is 2.55. The Morgan fingerprint density at radius 3 is 2.62 bits per heavy atom. The predicted octanol–water partition coefficient (Wildman–Crippen LogP) is 2.61. The third-order valence-corrected chi connectivity index (χ3v) is 3.44. The van der Waals surface area contributed by atoms with Gasteiger partial charge in [-0.25, -0.2) is 0 Å². The van der Waals surface area contributed by atoms with Crippen molar-refractivity contribution >= 4 is 5.69 Å². The van der Waals surface area contributed by atoms with Gasteiger partial charge in [0.2, 0.25) is 0 Å². The minimum Gasteiger partial charge on any atom is -0.372 e. The summed E-state index contributed by atoms with van der Waals surface area (Å²) in [5.41, 5.74) is 2.41. The van der Waals surface area contributed by atoms with E-state index in [0.29, 0.717) is 5.92 Å². The van der Waals surface area contributed by atoms with Crippen molar-refractivity contribution in [1.82, 2.24) is 15.2 Å². The summed E-state index contributed by atoms with van der Waals surface area (Å²) in [6, 6.07) is 4.33. The summed E-state index contributed by atoms with van der Waals surface area (Å²) in [7, 11) is 4.25. The van der Waals surface area contributed by atoms with Crippen LogP contribution in [0.25, 0.3) is 0 Å². The van der Waals surface area contributed by atoms with Crippen molar-refractivity contribution in [2.24, 2.45) is 5.92 Å². The largest absolute Gasteiger partial charge is 0.372 e. The van der Waals surface area contributed by atoms with Crippen LogP contribution < -0.4 is 10.2 Å². The second-order valence-corrected chi connectivity index (χ2v) is 6.27. The first-order chi connectivity index (χ1) is 10.0. The number of aromatic nitrogens is 1. The van der Waals surface area contributed by atoms with E-state index in [9.17, 15) is 0 Å². The Bertz CT molecular complexity index is 390. The van der Waals surface area contributed by atoms with Crippen molar-refractivity contribution in [2.75, 3.05) is 45.2 Å². The number of hydrogen-bond donors (Lipinski definition) is 1. The molecule has 0 aliphatic heterocycles. The van der Waals surface area contributed by atoms with Crippen LogP contribution in [0.4, 0.5) is 5.69 Å². The molecule has 0 fully saturated rings. The van der Waals surface area contributed by atoms with Gasteiger partial charge < -0.3 is 15.1 Å². The molecule has 0 atom stereocenters. The van der Waals surface area contributed by atoms with E-state index in [1.54, 1.807) is 0 Å². The molecule has 0 saturated carbocycles. The highest BCUT2D eigenvalue weighted by Gasteiger charge is 2.06. The number of nitrogens with zero attached hydrogens (tertiary/aromatic N) is 3. The maximum absolute atomic E-state index is 4.46. The molecule has 0 saturated heterocycles. The van der Waals surface area contributed by atoms with E-state index in [1.165, 1.54) is 12.1 Å². The summed E-state index contributed by atoms with van der Waals surface area (Å²) < 4.78 is 0. The summed E-state index contributed by atoms with van der Waals surface area (Å²) >= 11 is 0. The minimum absolute atomic E-state index is 0.673. The second kappa shape index (κ2) is 9.74. The number of pyridine rings is 1. The molecule has 1 rings (SSSR count). The summed E-state index contributed by atoms with van der Waals surface area (Å²) in [5.74, 6) is 0.673. The zero-order chi connectivity index (χ0) is 15.7. The van der Waals surface area contributed by atoms with Crippen LogP contribution in [-0.2, 0) is 6.54 Å². The highest BCUT2D eigenvalue weighted by Crippen LogP contribution is 2.15. The average molecular weight is 292 g/mol. The van der Waals surface area contributed by atoms with Gasteiger partial charge in [0.05, 0.1) is 5.69 Å². The summed E-state index contributed by atoms with van der Waals surface area (Å²) in [6.45, 7) is 11.8. The van der Waals surface area contributed by atoms with Crippen LogP contribution in [0.1, 0.15) is 32.9 Å². The lowest BCUT2D eigenvalue weighted by Gasteiger charge is -2.24. The van der Waals surface area contributed by atoms with Gasteiger partial charge in [-0.2, -0.15) is 0 Å². The Morgan fingerprint density at radius 1 is 1.24 bits per heavy atom. The molecular formula is C17H32N4. The van der Waals surface area contributed by atoms with Gasteiger partial charge in [-0.15, -0.1) is 0 Å². The molecule has 0 aromatic carbocycles. The topological polar surface area (TPSA) is 31.4 Å². The van der Waals surface area contributed by atoms with Gasteiger partial charge >= 0.3 is 0 Å². The zero-order valence-electron chi connectivity index (χ0n) is 14.4. The quantitative estimate of drug-likeness (QED) is 0.718. The van der Waals surface area contributed by atoms with Gasteiger partial charge in [0.1, 0.15) is 0 Å². The molecule has 4 nitrogen and oxygen atoms in total. The first-order valence-electron chi connectivity index (χ1n) is 8.08. The first kappa shape index (κ1) is 17.9. The molecule has 0 bridgehead atoms. The molecule has 21 heavy (non-hydrogen) atoms. The Morgan fingerprint density at radius 2 is 2.00 bits per heavy atom. The SMILES string of the molecule is CCN(CCCN(C)C)c1ccnc(CNCC(C)C)c1. The second-order valence-electron chi connectivity index (χ2n) is 6.27. The molecule has 1 N–H and O–H groups in total. The van der Waals surface area contributed by atoms with Crippen molar-refractivity contribution in [3.8, 4) is 0 Å². The monoisotopic (exact) mass is 292 g/mol. The molecule has 0 radical (unpaired) electrons. The van der Waals surface area contributed by atoms with E-state index in [-0.39, 0.29) is 0 Å². The van der Waals surface area contributed by atoms with E-state index in [1.807, 2.05) is 6.20 Å². The highest BCUT2D eigenvalue weighted by atomic mass is 15.1. The number of nitrogens with one attached hydrogen (secondary N) is 1. The van der Waals surface area contributed by atoms with E-state index in [0.717, 1.165) is 38.4 Å². The van der Waals surface area contributed by atoms with Crippen LogP contribution in [0.2, 0.25) is 0 Å². The normalized spacial score (nSPS) is 11.4. The van der Waals surface area contributed by atoms with Gasteiger partial charge in [0.15, 0.2) is 0 Å². The van der Waals surface area contributed by atoms with E-state index >= 15 is 0 Å². The molecule has 4 heteroatoms. The molecule has 1 aromatic rings. The standard InChI is InChI=1S/C17H32N4/c1-6-21(11-7-10-20(4)5)17-8-9-19-16(12-17)14-18-13-15(2)3/h8-9,12,15,18H,6-7,10-11,13-14H2,1-5H3. The number of anilines is 1. The number of rotatable bonds is 10. The lowest BCUT2D eigenvalue weighted by Crippen LogP contribution is -2.27. The zero-order valence-corrected chi connectivity index (χ0v) is 14.4. The highest BCUT2D eigenvalue weighted by molar-refractivity contribution is 5.46. The van der Waals surface area contributed by atoms with Gasteiger partial charge in [-0.3, -0.25) is 4.98 Å². The Kier molecular flexibility index (Phi) is 8.31. The lowest BCUT2D eigenvalue weighted by molar-refractivity contribution is 0.400. The van der Waals surface area contributed by atoms with Crippen LogP contribution in [0.5, 0.6) is 0 Å². The first-order valence-corrected chi connectivity index (χ1v) is 8.08. The van der Waals surface area contributed by atoms with Crippen molar-refractivity contribution in [3.63, 3.8) is 0 Å². The summed E-state index contributed by atoms with van der Waals surface area (Å²) in [4.78, 5) is 9.13. The molecule has 0 unspecified atom stereocenters. The van der Waals surface area contributed by atoms with E-state index < -0.39 is 0 Å². The molecule has 0 aliphatic carbocycles. The van der Waals surface area contributed by atoms with Crippen LogP contribution in [0.3, 0.4) is 0 Å². The molecule has 0 amide bonds. The lowest BCUT2D eigenvalue weighted by atomic mass is 10.2. The van der Waals surface area contributed by atoms with Crippen LogP contribution in [0.15, 0.2) is 18.3 Å². The summed E-state index contributed by atoms with van der Waals surface area (Å²) in [5, 5.41) is 3.46. The number of hydrogen-bond acceptors (Lipinski definition) is 4. The molecule has 1 aromatic heterocycles. The van der Waals surface area contributed by atoms with Gasteiger partial charge in [-0.05, 0) is 58.6 Å². The van der Waals surface area contributed by atoms with Crippen LogP contribution >= 0.6 is 0 Å². The summed E-state index contributed by atoms with van der Waals surface area (Å²) in [6.07, 6.45) is 3.11. The fourth-order valence-corrected chi connectivity index (χ4v) is 2.30. The fourth-order valence-electron chi connectivity index (χ4n) is 2.30. The fraction of sp³-hybridized carbons (Fsp3) is 0.706. The molecular weight excluding hydrogens is 260 g/mol. The Hall–Kier alpha value is -1.13. The molecule has 0 aliphatic rings. The third kappa shape index (κ3) is 7.44. The predicted molar refractivity (Wildman–Crippen MR) is 91.8 cm³/mol. The van der Waals surface area contributed by atoms with E-state index in [2.05, 4.69) is 67.1 Å². The molecule has 0 spiro atoms. The van der Waals surface area contributed by atoms with Crippen molar-refractivity contribution < 1.29 is 0 Å². The maximum atomic E-state index is 4.46.